The first-order valence-corrected chi connectivity index (χ1v) is 16.9. The van der Waals surface area contributed by atoms with Crippen LogP contribution in [0.1, 0.15) is 30.4 Å². The fourth-order valence-electron chi connectivity index (χ4n) is 7.42. The number of pyridine rings is 1. The van der Waals surface area contributed by atoms with Crippen molar-refractivity contribution in [2.75, 3.05) is 9.80 Å². The zero-order valence-corrected chi connectivity index (χ0v) is 26.7. The minimum absolute atomic E-state index is 0.337. The first kappa shape index (κ1) is 28.4. The first-order valence-electron chi connectivity index (χ1n) is 16.9. The lowest BCUT2D eigenvalue weighted by Gasteiger charge is -2.37. The molecule has 1 unspecified atom stereocenters. The minimum Gasteiger partial charge on any atom is -0.470 e. The van der Waals surface area contributed by atoms with Crippen molar-refractivity contribution in [2.45, 2.75) is 31.9 Å². The van der Waals surface area contributed by atoms with Crippen LogP contribution < -0.4 is 9.80 Å². The van der Waals surface area contributed by atoms with Gasteiger partial charge >= 0.3 is 0 Å². The fraction of sp³-hybridized carbons (Fsp3) is 0.114. The van der Waals surface area contributed by atoms with Crippen LogP contribution in [0, 0.1) is 0 Å². The van der Waals surface area contributed by atoms with Crippen molar-refractivity contribution in [3.8, 4) is 0 Å². The molecule has 0 radical (unpaired) electrons. The van der Waals surface area contributed by atoms with Crippen LogP contribution in [0.5, 0.6) is 0 Å². The van der Waals surface area contributed by atoms with Gasteiger partial charge in [-0.25, -0.2) is 0 Å². The van der Waals surface area contributed by atoms with Gasteiger partial charge in [0.1, 0.15) is 5.76 Å². The monoisotopic (exact) mass is 621 g/mol. The maximum absolute atomic E-state index is 6.85. The lowest BCUT2D eigenvalue weighted by atomic mass is 9.95. The fourth-order valence-corrected chi connectivity index (χ4v) is 7.42. The van der Waals surface area contributed by atoms with Gasteiger partial charge in [0.25, 0.3) is 0 Å². The molecular weight excluding hydrogens is 587 g/mol. The molecule has 0 bridgehead atoms. The molecule has 0 saturated carbocycles. The molecule has 232 valence electrons. The summed E-state index contributed by atoms with van der Waals surface area (Å²) >= 11 is 0. The standard InChI is InChI=1S/C44H35N3O/c1-3-17-34(18-4-1)46(36-27-25-31-14-7-8-16-33(31)30-36)43-37-21-10-11-22-38(37)44(42-39(43)23-13-29-45-42)47(35-19-5-2-6-20-35)41-28-26-32-15-9-12-24-40(32)48-41/h1-7,9-11,13-15,17-23,25-30,41H,8,12,16,24H2. The van der Waals surface area contributed by atoms with E-state index in [9.17, 15) is 0 Å². The molecule has 9 rings (SSSR count). The second-order valence-corrected chi connectivity index (χ2v) is 12.5. The molecular formula is C44H35N3O. The van der Waals surface area contributed by atoms with E-state index in [1.165, 1.54) is 11.1 Å². The Morgan fingerprint density at radius 2 is 1.31 bits per heavy atom. The summed E-state index contributed by atoms with van der Waals surface area (Å²) in [7, 11) is 0. The lowest BCUT2D eigenvalue weighted by Crippen LogP contribution is -2.34. The number of fused-ring (bicyclic) bond motifs is 3. The van der Waals surface area contributed by atoms with Gasteiger partial charge in [0.15, 0.2) is 6.23 Å². The predicted octanol–water partition coefficient (Wildman–Crippen LogP) is 11.5. The van der Waals surface area contributed by atoms with Crippen molar-refractivity contribution in [1.82, 2.24) is 4.98 Å². The van der Waals surface area contributed by atoms with Crippen LogP contribution in [0.3, 0.4) is 0 Å². The number of anilines is 5. The van der Waals surface area contributed by atoms with E-state index in [1.807, 2.05) is 6.20 Å². The lowest BCUT2D eigenvalue weighted by molar-refractivity contribution is 0.145. The minimum atomic E-state index is -0.337. The van der Waals surface area contributed by atoms with Crippen molar-refractivity contribution >= 4 is 56.2 Å². The molecule has 0 N–H and O–H groups in total. The Morgan fingerprint density at radius 3 is 2.15 bits per heavy atom. The van der Waals surface area contributed by atoms with Crippen LogP contribution in [-0.4, -0.2) is 11.2 Å². The zero-order valence-electron chi connectivity index (χ0n) is 26.7. The molecule has 5 aromatic carbocycles. The molecule has 2 heterocycles. The molecule has 0 spiro atoms. The molecule has 4 nitrogen and oxygen atoms in total. The van der Waals surface area contributed by atoms with E-state index >= 15 is 0 Å². The number of hydrogen-bond donors (Lipinski definition) is 0. The third-order valence-electron chi connectivity index (χ3n) is 9.62. The number of aromatic nitrogens is 1. The molecule has 4 heteroatoms. The number of aryl methyl sites for hydroxylation is 1. The molecule has 0 amide bonds. The van der Waals surface area contributed by atoms with Crippen LogP contribution in [0.4, 0.5) is 28.4 Å². The molecule has 6 aromatic rings. The van der Waals surface area contributed by atoms with E-state index in [-0.39, 0.29) is 6.23 Å². The SMILES string of the molecule is C1=CC2=C(CC1)OC(N(c1ccccc1)c1c3ccccc3c(N(c3ccccc3)c3ccc4c(c3)CCC=C4)c3cccnc13)C=C2. The second-order valence-electron chi connectivity index (χ2n) is 12.5. The van der Waals surface area contributed by atoms with Gasteiger partial charge in [-0.15, -0.1) is 0 Å². The highest BCUT2D eigenvalue weighted by molar-refractivity contribution is 6.21. The number of ether oxygens (including phenoxy) is 1. The normalized spacial score (nSPS) is 16.5. The summed E-state index contributed by atoms with van der Waals surface area (Å²) in [5, 5.41) is 3.34. The van der Waals surface area contributed by atoms with Gasteiger partial charge in [-0.3, -0.25) is 9.88 Å². The van der Waals surface area contributed by atoms with Gasteiger partial charge in [-0.1, -0.05) is 97.1 Å². The maximum atomic E-state index is 6.85. The van der Waals surface area contributed by atoms with Crippen molar-refractivity contribution in [1.29, 1.82) is 0 Å². The Labute approximate surface area is 281 Å². The van der Waals surface area contributed by atoms with Gasteiger partial charge < -0.3 is 9.64 Å². The smallest absolute Gasteiger partial charge is 0.195 e. The van der Waals surface area contributed by atoms with Crippen molar-refractivity contribution < 1.29 is 4.74 Å². The summed E-state index contributed by atoms with van der Waals surface area (Å²) in [6.45, 7) is 0. The molecule has 3 aliphatic rings. The number of rotatable bonds is 6. The highest BCUT2D eigenvalue weighted by Gasteiger charge is 2.31. The number of allylic oxidation sites excluding steroid dienone is 6. The largest absolute Gasteiger partial charge is 0.470 e. The van der Waals surface area contributed by atoms with Gasteiger partial charge in [0.05, 0.1) is 16.9 Å². The van der Waals surface area contributed by atoms with Crippen LogP contribution in [0.25, 0.3) is 27.8 Å². The highest BCUT2D eigenvalue weighted by Crippen LogP contribution is 2.50. The quantitative estimate of drug-likeness (QED) is 0.137. The summed E-state index contributed by atoms with van der Waals surface area (Å²) in [4.78, 5) is 9.93. The summed E-state index contributed by atoms with van der Waals surface area (Å²) in [5.74, 6) is 1.04. The van der Waals surface area contributed by atoms with E-state index in [2.05, 4.69) is 162 Å². The van der Waals surface area contributed by atoms with Crippen LogP contribution in [-0.2, 0) is 11.2 Å². The Morgan fingerprint density at radius 1 is 0.604 bits per heavy atom. The summed E-state index contributed by atoms with van der Waals surface area (Å²) < 4.78 is 6.85. The van der Waals surface area contributed by atoms with Crippen molar-refractivity contribution in [2.24, 2.45) is 0 Å². The summed E-state index contributed by atoms with van der Waals surface area (Å²) in [6, 6.07) is 41.2. The molecule has 2 aliphatic carbocycles. The Bertz CT molecular complexity index is 2230. The number of para-hydroxylation sites is 2. The van der Waals surface area contributed by atoms with Crippen LogP contribution >= 0.6 is 0 Å². The van der Waals surface area contributed by atoms with Gasteiger partial charge in [0, 0.05) is 51.4 Å². The topological polar surface area (TPSA) is 28.6 Å². The number of nitrogens with zero attached hydrogens (tertiary/aromatic N) is 3. The van der Waals surface area contributed by atoms with Gasteiger partial charge in [0.2, 0.25) is 0 Å². The van der Waals surface area contributed by atoms with Crippen molar-refractivity contribution in [3.63, 3.8) is 0 Å². The highest BCUT2D eigenvalue weighted by atomic mass is 16.5. The Kier molecular flexibility index (Phi) is 7.12. The third-order valence-corrected chi connectivity index (χ3v) is 9.62. The number of benzene rings is 5. The Hall–Kier alpha value is -5.87. The van der Waals surface area contributed by atoms with Crippen LogP contribution in [0.15, 0.2) is 163 Å². The van der Waals surface area contributed by atoms with Gasteiger partial charge in [-0.05, 0) is 85.0 Å². The first-order chi connectivity index (χ1) is 23.8. The molecule has 0 fully saturated rings. The molecule has 1 atom stereocenters. The Balaban J connectivity index is 1.32. The van der Waals surface area contributed by atoms with E-state index in [0.29, 0.717) is 0 Å². The summed E-state index contributed by atoms with van der Waals surface area (Å²) in [6.07, 6.45) is 18.9. The third kappa shape index (κ3) is 4.89. The van der Waals surface area contributed by atoms with E-state index in [1.54, 1.807) is 0 Å². The predicted molar refractivity (Wildman–Crippen MR) is 199 cm³/mol. The van der Waals surface area contributed by atoms with Crippen LogP contribution in [0.2, 0.25) is 0 Å². The molecule has 48 heavy (non-hydrogen) atoms. The second kappa shape index (κ2) is 12.1. The average Bonchev–Trinajstić information content (AvgIpc) is 3.16. The number of hydrogen-bond acceptors (Lipinski definition) is 4. The average molecular weight is 622 g/mol. The summed E-state index contributed by atoms with van der Waals surface area (Å²) in [5.41, 5.74) is 10.2. The van der Waals surface area contributed by atoms with E-state index < -0.39 is 0 Å². The van der Waals surface area contributed by atoms with E-state index in [4.69, 9.17) is 9.72 Å². The zero-order chi connectivity index (χ0) is 31.9. The maximum Gasteiger partial charge on any atom is 0.195 e. The molecule has 1 aliphatic heterocycles. The molecule has 1 aromatic heterocycles. The molecule has 0 saturated heterocycles. The van der Waals surface area contributed by atoms with E-state index in [0.717, 1.165) is 87.1 Å². The van der Waals surface area contributed by atoms with Gasteiger partial charge in [-0.2, -0.15) is 0 Å². The van der Waals surface area contributed by atoms with Crippen molar-refractivity contribution in [3.05, 3.63) is 174 Å².